The largest absolute Gasteiger partial charge is 0.316 e. The summed E-state index contributed by atoms with van der Waals surface area (Å²) in [5.41, 5.74) is 0. The third-order valence-corrected chi connectivity index (χ3v) is 4.97. The Morgan fingerprint density at radius 2 is 1.56 bits per heavy atom. The first-order chi connectivity index (χ1) is 7.79. The van der Waals surface area contributed by atoms with Crippen LogP contribution in [0.4, 0.5) is 0 Å². The highest BCUT2D eigenvalue weighted by molar-refractivity contribution is 6.06. The molecule has 0 aromatic heterocycles. The predicted octanol–water partition coefficient (Wildman–Crippen LogP) is -0.0107. The Morgan fingerprint density at radius 1 is 1.00 bits per heavy atom. The van der Waals surface area contributed by atoms with Crippen molar-refractivity contribution in [3.8, 4) is 0 Å². The van der Waals surface area contributed by atoms with Gasteiger partial charge in [-0.15, -0.1) is 0 Å². The highest BCUT2D eigenvalue weighted by Crippen LogP contribution is 2.51. The van der Waals surface area contributed by atoms with Gasteiger partial charge in [0.15, 0.2) is 0 Å². The standard InChI is InChI=1S/C12H16N2O2/c15-11-6-2-1-3-7(6)12(16)14(11)10-8-4-13-5-9(8)10/h6-10,13H,1-5H2. The van der Waals surface area contributed by atoms with Gasteiger partial charge < -0.3 is 5.32 Å². The number of hydrogen-bond donors (Lipinski definition) is 1. The molecular formula is C12H16N2O2. The molecule has 2 amide bonds. The smallest absolute Gasteiger partial charge is 0.233 e. The van der Waals surface area contributed by atoms with E-state index < -0.39 is 0 Å². The second kappa shape index (κ2) is 2.86. The fourth-order valence-corrected chi connectivity index (χ4v) is 4.08. The van der Waals surface area contributed by atoms with Crippen molar-refractivity contribution in [2.24, 2.45) is 23.7 Å². The lowest BCUT2D eigenvalue weighted by Crippen LogP contribution is -2.38. The molecule has 0 aromatic rings. The molecule has 4 rings (SSSR count). The molecule has 2 saturated carbocycles. The van der Waals surface area contributed by atoms with E-state index in [4.69, 9.17) is 0 Å². The molecule has 4 fully saturated rings. The van der Waals surface area contributed by atoms with Crippen LogP contribution in [0.3, 0.4) is 0 Å². The molecular weight excluding hydrogens is 204 g/mol. The number of carbonyl (C=O) groups excluding carboxylic acids is 2. The summed E-state index contributed by atoms with van der Waals surface area (Å²) in [5.74, 6) is 1.50. The summed E-state index contributed by atoms with van der Waals surface area (Å²) >= 11 is 0. The molecule has 16 heavy (non-hydrogen) atoms. The van der Waals surface area contributed by atoms with Gasteiger partial charge in [0.05, 0.1) is 11.8 Å². The summed E-state index contributed by atoms with van der Waals surface area (Å²) in [4.78, 5) is 26.0. The number of likely N-dealkylation sites (tertiary alicyclic amines) is 1. The van der Waals surface area contributed by atoms with Crippen LogP contribution in [0.2, 0.25) is 0 Å². The van der Waals surface area contributed by atoms with Gasteiger partial charge in [0.1, 0.15) is 0 Å². The summed E-state index contributed by atoms with van der Waals surface area (Å²) in [7, 11) is 0. The van der Waals surface area contributed by atoms with Gasteiger partial charge in [-0.05, 0) is 24.7 Å². The Morgan fingerprint density at radius 3 is 2.12 bits per heavy atom. The van der Waals surface area contributed by atoms with Gasteiger partial charge >= 0.3 is 0 Å². The number of hydrogen-bond acceptors (Lipinski definition) is 3. The van der Waals surface area contributed by atoms with Crippen LogP contribution in [0.25, 0.3) is 0 Å². The summed E-state index contributed by atoms with van der Waals surface area (Å²) in [6, 6.07) is 0.256. The minimum atomic E-state index is 0.0433. The summed E-state index contributed by atoms with van der Waals surface area (Å²) < 4.78 is 0. The number of imide groups is 1. The van der Waals surface area contributed by atoms with Gasteiger partial charge in [0.2, 0.25) is 11.8 Å². The molecule has 4 nitrogen and oxygen atoms in total. The van der Waals surface area contributed by atoms with Crippen LogP contribution in [-0.2, 0) is 9.59 Å². The quantitative estimate of drug-likeness (QED) is 0.632. The summed E-state index contributed by atoms with van der Waals surface area (Å²) in [6.07, 6.45) is 2.93. The zero-order chi connectivity index (χ0) is 10.9. The van der Waals surface area contributed by atoms with Crippen molar-refractivity contribution in [2.75, 3.05) is 13.1 Å². The van der Waals surface area contributed by atoms with Crippen molar-refractivity contribution in [1.82, 2.24) is 10.2 Å². The lowest BCUT2D eigenvalue weighted by atomic mass is 10.00. The number of rotatable bonds is 1. The number of piperidine rings is 1. The average molecular weight is 220 g/mol. The number of nitrogens with one attached hydrogen (secondary N) is 1. The first-order valence-corrected chi connectivity index (χ1v) is 6.36. The van der Waals surface area contributed by atoms with E-state index in [9.17, 15) is 9.59 Å². The maximum Gasteiger partial charge on any atom is 0.233 e. The fraction of sp³-hybridized carbons (Fsp3) is 0.833. The number of nitrogens with zero attached hydrogens (tertiary/aromatic N) is 1. The molecule has 0 bridgehead atoms. The van der Waals surface area contributed by atoms with E-state index in [0.29, 0.717) is 11.8 Å². The van der Waals surface area contributed by atoms with Crippen LogP contribution >= 0.6 is 0 Å². The van der Waals surface area contributed by atoms with E-state index in [1.54, 1.807) is 4.90 Å². The second-order valence-corrected chi connectivity index (χ2v) is 5.67. The minimum absolute atomic E-state index is 0.0433. The van der Waals surface area contributed by atoms with Crippen molar-refractivity contribution in [3.63, 3.8) is 0 Å². The molecule has 1 N–H and O–H groups in total. The molecule has 4 unspecified atom stereocenters. The molecule has 4 atom stereocenters. The molecule has 4 heteroatoms. The molecule has 0 aromatic carbocycles. The topological polar surface area (TPSA) is 49.4 Å². The van der Waals surface area contributed by atoms with Crippen LogP contribution in [0.15, 0.2) is 0 Å². The number of fused-ring (bicyclic) bond motifs is 2. The normalized spacial score (nSPS) is 49.8. The van der Waals surface area contributed by atoms with E-state index in [1.807, 2.05) is 0 Å². The Bertz CT molecular complexity index is 349. The third-order valence-electron chi connectivity index (χ3n) is 4.97. The Hall–Kier alpha value is -0.900. The van der Waals surface area contributed by atoms with Crippen LogP contribution in [0, 0.1) is 23.7 Å². The van der Waals surface area contributed by atoms with Crippen molar-refractivity contribution < 1.29 is 9.59 Å². The number of carbonyl (C=O) groups is 2. The Labute approximate surface area is 94.4 Å². The monoisotopic (exact) mass is 220 g/mol. The highest BCUT2D eigenvalue weighted by atomic mass is 16.2. The van der Waals surface area contributed by atoms with Gasteiger partial charge in [-0.2, -0.15) is 0 Å². The van der Waals surface area contributed by atoms with E-state index in [0.717, 1.165) is 32.4 Å². The van der Waals surface area contributed by atoms with Crippen LogP contribution in [0.5, 0.6) is 0 Å². The fourth-order valence-electron chi connectivity index (χ4n) is 4.08. The van der Waals surface area contributed by atoms with Gasteiger partial charge in [-0.3, -0.25) is 14.5 Å². The van der Waals surface area contributed by atoms with Crippen LogP contribution in [0.1, 0.15) is 19.3 Å². The van der Waals surface area contributed by atoms with Gasteiger partial charge in [-0.1, -0.05) is 6.42 Å². The van der Waals surface area contributed by atoms with E-state index in [1.165, 1.54) is 0 Å². The summed E-state index contributed by atoms with van der Waals surface area (Å²) in [6.45, 7) is 1.98. The molecule has 86 valence electrons. The average Bonchev–Trinajstić information content (AvgIpc) is 2.76. The Balaban J connectivity index is 1.61. The van der Waals surface area contributed by atoms with Gasteiger partial charge in [0.25, 0.3) is 0 Å². The first kappa shape index (κ1) is 9.16. The van der Waals surface area contributed by atoms with Crippen molar-refractivity contribution in [1.29, 1.82) is 0 Å². The molecule has 0 spiro atoms. The zero-order valence-electron chi connectivity index (χ0n) is 9.19. The van der Waals surface area contributed by atoms with Crippen molar-refractivity contribution in [3.05, 3.63) is 0 Å². The van der Waals surface area contributed by atoms with E-state index >= 15 is 0 Å². The predicted molar refractivity (Wildman–Crippen MR) is 56.3 cm³/mol. The molecule has 4 aliphatic rings. The second-order valence-electron chi connectivity index (χ2n) is 5.67. The Kier molecular flexibility index (Phi) is 1.64. The van der Waals surface area contributed by atoms with Gasteiger partial charge in [0, 0.05) is 19.1 Å². The number of amides is 2. The lowest BCUT2D eigenvalue weighted by molar-refractivity contribution is -0.141. The van der Waals surface area contributed by atoms with E-state index in [2.05, 4.69) is 5.32 Å². The first-order valence-electron chi connectivity index (χ1n) is 6.36. The molecule has 0 radical (unpaired) electrons. The maximum atomic E-state index is 12.2. The molecule has 2 heterocycles. The molecule has 2 aliphatic carbocycles. The van der Waals surface area contributed by atoms with Crippen molar-refractivity contribution in [2.45, 2.75) is 25.3 Å². The zero-order valence-corrected chi connectivity index (χ0v) is 9.19. The van der Waals surface area contributed by atoms with Gasteiger partial charge in [-0.25, -0.2) is 0 Å². The van der Waals surface area contributed by atoms with Crippen LogP contribution in [-0.4, -0.2) is 35.8 Å². The molecule has 2 saturated heterocycles. The minimum Gasteiger partial charge on any atom is -0.316 e. The highest BCUT2D eigenvalue weighted by Gasteiger charge is 2.63. The molecule has 2 aliphatic heterocycles. The summed E-state index contributed by atoms with van der Waals surface area (Å²) in [5, 5.41) is 3.31. The maximum absolute atomic E-state index is 12.2. The SMILES string of the molecule is O=C1C2CCCC2C(=O)N1C1C2CNCC21. The third kappa shape index (κ3) is 0.943. The van der Waals surface area contributed by atoms with E-state index in [-0.39, 0.29) is 29.7 Å². The van der Waals surface area contributed by atoms with Crippen molar-refractivity contribution >= 4 is 11.8 Å². The van der Waals surface area contributed by atoms with Crippen LogP contribution < -0.4 is 5.32 Å². The lowest BCUT2D eigenvalue weighted by Gasteiger charge is -2.18.